The van der Waals surface area contributed by atoms with E-state index in [2.05, 4.69) is 26.9 Å². The number of nitrogens with one attached hydrogen (secondary N) is 1. The van der Waals surface area contributed by atoms with Crippen LogP contribution in [0.2, 0.25) is 0 Å². The molecule has 0 saturated heterocycles. The highest BCUT2D eigenvalue weighted by atomic mass is 31.0. The molecule has 1 unspecified atom stereocenters. The van der Waals surface area contributed by atoms with Crippen molar-refractivity contribution in [1.29, 1.82) is 0 Å². The van der Waals surface area contributed by atoms with Crippen LogP contribution in [0.15, 0.2) is 6.08 Å². The highest BCUT2D eigenvalue weighted by molar-refractivity contribution is 7.14. The monoisotopic (exact) mass is 199 g/mol. The number of rotatable bonds is 3. The summed E-state index contributed by atoms with van der Waals surface area (Å²) in [5.74, 6) is 0. The molecule has 1 heterocycles. The van der Waals surface area contributed by atoms with Crippen LogP contribution in [0, 0.1) is 6.92 Å². The van der Waals surface area contributed by atoms with Crippen LogP contribution in [-0.2, 0) is 0 Å². The lowest BCUT2D eigenvalue weighted by Crippen LogP contribution is -1.92. The molecule has 1 aromatic heterocycles. The molecule has 0 amide bonds. The smallest absolute Gasteiger partial charge is 0.109 e. The van der Waals surface area contributed by atoms with Crippen LogP contribution in [0.1, 0.15) is 24.7 Å². The van der Waals surface area contributed by atoms with Gasteiger partial charge in [0.05, 0.1) is 11.4 Å². The van der Waals surface area contributed by atoms with Crippen molar-refractivity contribution in [2.24, 2.45) is 0 Å². The molecule has 72 valence electrons. The van der Waals surface area contributed by atoms with Gasteiger partial charge in [0.25, 0.3) is 0 Å². The summed E-state index contributed by atoms with van der Waals surface area (Å²) in [4.78, 5) is 0. The van der Waals surface area contributed by atoms with E-state index in [0.29, 0.717) is 5.69 Å². The fourth-order valence-electron chi connectivity index (χ4n) is 1.09. The van der Waals surface area contributed by atoms with Gasteiger partial charge in [-0.3, -0.25) is 10.7 Å². The number of allylic oxidation sites excluding steroid dienone is 1. The molecule has 13 heavy (non-hydrogen) atoms. The summed E-state index contributed by atoms with van der Waals surface area (Å²) in [5, 5.41) is 13.0. The Hall–Kier alpha value is -0.860. The van der Waals surface area contributed by atoms with E-state index in [9.17, 15) is 0 Å². The number of hydrogen-bond acceptors (Lipinski definition) is 3. The highest BCUT2D eigenvalue weighted by Gasteiger charge is 2.08. The molecule has 2 N–H and O–H groups in total. The first-order valence-corrected chi connectivity index (χ1v) is 4.63. The summed E-state index contributed by atoms with van der Waals surface area (Å²) in [6.07, 6.45) is 4.89. The molecule has 0 aliphatic heterocycles. The molecule has 0 aromatic carbocycles. The molecule has 0 saturated carbocycles. The maximum atomic E-state index is 8.87. The largest absolute Gasteiger partial charge is 0.291 e. The Balaban J connectivity index is 3.09. The Kier molecular flexibility index (Phi) is 3.46. The van der Waals surface area contributed by atoms with Gasteiger partial charge in [-0.05, 0) is 28.8 Å². The third-order valence-corrected chi connectivity index (χ3v) is 2.14. The van der Waals surface area contributed by atoms with Gasteiger partial charge in [-0.1, -0.05) is 13.0 Å². The topological polar surface area (TPSA) is 50.1 Å². The van der Waals surface area contributed by atoms with Gasteiger partial charge in [0.2, 0.25) is 0 Å². The van der Waals surface area contributed by atoms with E-state index in [1.807, 2.05) is 19.1 Å². The first kappa shape index (κ1) is 10.2. The van der Waals surface area contributed by atoms with Crippen molar-refractivity contribution >= 4 is 21.2 Å². The summed E-state index contributed by atoms with van der Waals surface area (Å²) >= 11 is 0. The molecule has 5 heteroatoms. The predicted molar refractivity (Wildman–Crippen MR) is 56.8 cm³/mol. The van der Waals surface area contributed by atoms with Crippen molar-refractivity contribution in [3.63, 3.8) is 0 Å². The second-order valence-corrected chi connectivity index (χ2v) is 3.20. The number of nitrogens with zero attached hydrogens (tertiary/aromatic N) is 2. The van der Waals surface area contributed by atoms with Crippen molar-refractivity contribution in [2.75, 3.05) is 5.48 Å². The molecule has 0 radical (unpaired) electrons. The number of hydrogen-bond donors (Lipinski definition) is 2. The summed E-state index contributed by atoms with van der Waals surface area (Å²) in [5.41, 5.74) is 4.42. The quantitative estimate of drug-likeness (QED) is 0.578. The maximum Gasteiger partial charge on any atom is 0.109 e. The van der Waals surface area contributed by atoms with Crippen molar-refractivity contribution in [3.05, 3.63) is 17.5 Å². The van der Waals surface area contributed by atoms with Gasteiger partial charge in [-0.2, -0.15) is 5.10 Å². The van der Waals surface area contributed by atoms with Gasteiger partial charge in [-0.15, -0.1) is 0 Å². The molecule has 1 aromatic rings. The lowest BCUT2D eigenvalue weighted by Gasteiger charge is -1.98. The third kappa shape index (κ3) is 2.08. The van der Waals surface area contributed by atoms with E-state index in [0.717, 1.165) is 17.8 Å². The van der Waals surface area contributed by atoms with Crippen LogP contribution < -0.4 is 5.48 Å². The summed E-state index contributed by atoms with van der Waals surface area (Å²) in [6, 6.07) is 0. The first-order valence-electron chi connectivity index (χ1n) is 4.12. The summed E-state index contributed by atoms with van der Waals surface area (Å²) in [6.45, 7) is 3.89. The van der Waals surface area contributed by atoms with Gasteiger partial charge in [0.15, 0.2) is 0 Å². The maximum absolute atomic E-state index is 8.87. The zero-order chi connectivity index (χ0) is 9.84. The molecule has 0 aliphatic rings. The van der Waals surface area contributed by atoms with Crippen LogP contribution in [0.3, 0.4) is 0 Å². The zero-order valence-electron chi connectivity index (χ0n) is 7.78. The van der Waals surface area contributed by atoms with Crippen molar-refractivity contribution in [3.8, 4) is 0 Å². The van der Waals surface area contributed by atoms with E-state index >= 15 is 0 Å². The Morgan fingerprint density at radius 1 is 1.69 bits per heavy atom. The van der Waals surface area contributed by atoms with Crippen LogP contribution in [0.25, 0.3) is 6.08 Å². The summed E-state index contributed by atoms with van der Waals surface area (Å²) < 4.78 is 1.65. The normalized spacial score (nSPS) is 11.1. The van der Waals surface area contributed by atoms with E-state index in [1.165, 1.54) is 0 Å². The van der Waals surface area contributed by atoms with Crippen LogP contribution in [0.4, 0.5) is 5.69 Å². The molecular formula is C8H14N3OP. The van der Waals surface area contributed by atoms with Crippen molar-refractivity contribution in [2.45, 2.75) is 20.3 Å². The Labute approximate surface area is 79.9 Å². The first-order chi connectivity index (χ1) is 6.20. The van der Waals surface area contributed by atoms with Crippen LogP contribution >= 0.6 is 9.39 Å². The molecule has 1 rings (SSSR count). The van der Waals surface area contributed by atoms with Gasteiger partial charge in [0, 0.05) is 0 Å². The van der Waals surface area contributed by atoms with Crippen molar-refractivity contribution < 1.29 is 5.21 Å². The van der Waals surface area contributed by atoms with Gasteiger partial charge >= 0.3 is 0 Å². The number of aryl methyl sites for hydroxylation is 1. The standard InChI is InChI=1S/C8H14N3OP/c1-3-4-5-7-8(10-12)6(2)9-11(7)13/h4-5,10,12H,3,13H2,1-2H3/b5-4-. The molecule has 1 atom stereocenters. The zero-order valence-corrected chi connectivity index (χ0v) is 8.94. The minimum atomic E-state index is 0.653. The van der Waals surface area contributed by atoms with Crippen molar-refractivity contribution in [1.82, 2.24) is 9.55 Å². The van der Waals surface area contributed by atoms with Gasteiger partial charge in [-0.25, -0.2) is 4.45 Å². The Morgan fingerprint density at radius 3 is 2.92 bits per heavy atom. The third-order valence-electron chi connectivity index (χ3n) is 1.75. The average Bonchev–Trinajstić information content (AvgIpc) is 2.37. The van der Waals surface area contributed by atoms with Gasteiger partial charge < -0.3 is 0 Å². The fraction of sp³-hybridized carbons (Fsp3) is 0.375. The second-order valence-electron chi connectivity index (χ2n) is 2.71. The number of anilines is 1. The minimum absolute atomic E-state index is 0.653. The minimum Gasteiger partial charge on any atom is -0.291 e. The summed E-state index contributed by atoms with van der Waals surface area (Å²) in [7, 11) is 2.47. The molecule has 0 spiro atoms. The Morgan fingerprint density at radius 2 is 2.38 bits per heavy atom. The molecule has 0 bridgehead atoms. The highest BCUT2D eigenvalue weighted by Crippen LogP contribution is 2.22. The van der Waals surface area contributed by atoms with E-state index in [4.69, 9.17) is 5.21 Å². The fourth-order valence-corrected chi connectivity index (χ4v) is 1.48. The molecular weight excluding hydrogens is 185 g/mol. The second kappa shape index (κ2) is 4.40. The van der Waals surface area contributed by atoms with E-state index in [1.54, 1.807) is 4.45 Å². The lowest BCUT2D eigenvalue weighted by atomic mass is 10.3. The van der Waals surface area contributed by atoms with Gasteiger partial charge in [0.1, 0.15) is 5.69 Å². The molecule has 0 aliphatic carbocycles. The van der Waals surface area contributed by atoms with E-state index < -0.39 is 0 Å². The Bertz CT molecular complexity index is 319. The molecule has 4 nitrogen and oxygen atoms in total. The lowest BCUT2D eigenvalue weighted by molar-refractivity contribution is 0.388. The molecule has 0 fully saturated rings. The van der Waals surface area contributed by atoms with E-state index in [-0.39, 0.29) is 0 Å². The van der Waals surface area contributed by atoms with Crippen LogP contribution in [-0.4, -0.2) is 14.8 Å². The predicted octanol–water partition coefficient (Wildman–Crippen LogP) is 2.05. The SMILES string of the molecule is CC/C=C\c1c(NO)c(C)nn1P. The number of aromatic nitrogens is 2. The van der Waals surface area contributed by atoms with Crippen LogP contribution in [0.5, 0.6) is 0 Å². The average molecular weight is 199 g/mol.